The van der Waals surface area contributed by atoms with Gasteiger partial charge in [-0.3, -0.25) is 0 Å². The van der Waals surface area contributed by atoms with Crippen molar-refractivity contribution < 1.29 is 4.74 Å². The van der Waals surface area contributed by atoms with E-state index in [0.29, 0.717) is 5.95 Å². The summed E-state index contributed by atoms with van der Waals surface area (Å²) in [4.78, 5) is 8.77. The fourth-order valence-electron chi connectivity index (χ4n) is 2.51. The van der Waals surface area contributed by atoms with Crippen LogP contribution in [0.15, 0.2) is 54.7 Å². The van der Waals surface area contributed by atoms with Gasteiger partial charge in [-0.25, -0.2) is 4.98 Å². The van der Waals surface area contributed by atoms with E-state index in [1.807, 2.05) is 43.3 Å². The minimum atomic E-state index is 0.586. The second-order valence-corrected chi connectivity index (χ2v) is 6.23. The smallest absolute Gasteiger partial charge is 0.224 e. The van der Waals surface area contributed by atoms with Gasteiger partial charge in [-0.15, -0.1) is 0 Å². The van der Waals surface area contributed by atoms with Gasteiger partial charge in [-0.2, -0.15) is 4.98 Å². The molecule has 0 atom stereocenters. The standard InChI is InChI=1S/C20H21ClN4O/c1-14-17(21)4-3-5-18(14)24-19-11-13-23-20(25-19)22-12-10-15-6-8-16(26-2)9-7-15/h3-9,11,13H,10,12H2,1-2H3,(H2,22,23,24,25). The van der Waals surface area contributed by atoms with Gasteiger partial charge in [0.05, 0.1) is 7.11 Å². The van der Waals surface area contributed by atoms with Crippen molar-refractivity contribution >= 4 is 29.1 Å². The SMILES string of the molecule is COc1ccc(CCNc2nccc(Nc3cccc(Cl)c3C)n2)cc1. The Morgan fingerprint density at radius 3 is 2.65 bits per heavy atom. The predicted octanol–water partition coefficient (Wildman–Crippen LogP) is 4.85. The summed E-state index contributed by atoms with van der Waals surface area (Å²) in [5, 5.41) is 7.26. The summed E-state index contributed by atoms with van der Waals surface area (Å²) in [6, 6.07) is 15.6. The van der Waals surface area contributed by atoms with Crippen molar-refractivity contribution in [3.05, 3.63) is 70.9 Å². The molecule has 2 N–H and O–H groups in total. The second-order valence-electron chi connectivity index (χ2n) is 5.83. The van der Waals surface area contributed by atoms with E-state index in [1.165, 1.54) is 5.56 Å². The first-order valence-electron chi connectivity index (χ1n) is 8.37. The minimum absolute atomic E-state index is 0.586. The van der Waals surface area contributed by atoms with Crippen molar-refractivity contribution in [2.75, 3.05) is 24.3 Å². The molecule has 0 radical (unpaired) electrons. The van der Waals surface area contributed by atoms with E-state index >= 15 is 0 Å². The van der Waals surface area contributed by atoms with E-state index in [1.54, 1.807) is 13.3 Å². The van der Waals surface area contributed by atoms with Crippen LogP contribution in [0.4, 0.5) is 17.5 Å². The van der Waals surface area contributed by atoms with Gasteiger partial charge in [0.15, 0.2) is 0 Å². The van der Waals surface area contributed by atoms with Gasteiger partial charge < -0.3 is 15.4 Å². The Kier molecular flexibility index (Phi) is 5.92. The lowest BCUT2D eigenvalue weighted by molar-refractivity contribution is 0.414. The van der Waals surface area contributed by atoms with Gasteiger partial charge >= 0.3 is 0 Å². The quantitative estimate of drug-likeness (QED) is 0.624. The maximum atomic E-state index is 6.16. The molecular weight excluding hydrogens is 348 g/mol. The van der Waals surface area contributed by atoms with Crippen molar-refractivity contribution in [3.8, 4) is 5.75 Å². The first kappa shape index (κ1) is 18.0. The molecule has 0 saturated carbocycles. The molecule has 0 bridgehead atoms. The number of hydrogen-bond acceptors (Lipinski definition) is 5. The highest BCUT2D eigenvalue weighted by Crippen LogP contribution is 2.25. The molecule has 0 aliphatic carbocycles. The van der Waals surface area contributed by atoms with E-state index in [2.05, 4.69) is 32.7 Å². The number of nitrogens with one attached hydrogen (secondary N) is 2. The Hall–Kier alpha value is -2.79. The van der Waals surface area contributed by atoms with Crippen LogP contribution in [0.25, 0.3) is 0 Å². The third kappa shape index (κ3) is 4.64. The van der Waals surface area contributed by atoms with Crippen LogP contribution in [0.3, 0.4) is 0 Å². The molecule has 3 aromatic rings. The molecule has 0 aliphatic heterocycles. The molecule has 0 saturated heterocycles. The zero-order valence-electron chi connectivity index (χ0n) is 14.8. The number of rotatable bonds is 7. The van der Waals surface area contributed by atoms with Gasteiger partial charge in [-0.1, -0.05) is 29.8 Å². The number of aromatic nitrogens is 2. The average molecular weight is 369 g/mol. The molecule has 26 heavy (non-hydrogen) atoms. The van der Waals surface area contributed by atoms with Crippen LogP contribution >= 0.6 is 11.6 Å². The second kappa shape index (κ2) is 8.54. The van der Waals surface area contributed by atoms with Crippen LogP contribution < -0.4 is 15.4 Å². The van der Waals surface area contributed by atoms with Gasteiger partial charge in [0, 0.05) is 23.5 Å². The highest BCUT2D eigenvalue weighted by molar-refractivity contribution is 6.31. The average Bonchev–Trinajstić information content (AvgIpc) is 2.66. The fourth-order valence-corrected chi connectivity index (χ4v) is 2.68. The van der Waals surface area contributed by atoms with Crippen molar-refractivity contribution in [2.45, 2.75) is 13.3 Å². The largest absolute Gasteiger partial charge is 0.497 e. The van der Waals surface area contributed by atoms with Crippen molar-refractivity contribution in [1.82, 2.24) is 9.97 Å². The number of benzene rings is 2. The first-order chi connectivity index (χ1) is 12.7. The van der Waals surface area contributed by atoms with Gasteiger partial charge in [-0.05, 0) is 54.8 Å². The van der Waals surface area contributed by atoms with Gasteiger partial charge in [0.2, 0.25) is 5.95 Å². The summed E-state index contributed by atoms with van der Waals surface area (Å²) in [6.07, 6.45) is 2.60. The summed E-state index contributed by atoms with van der Waals surface area (Å²) < 4.78 is 5.17. The van der Waals surface area contributed by atoms with Crippen LogP contribution in [-0.4, -0.2) is 23.6 Å². The normalized spacial score (nSPS) is 10.4. The molecule has 134 valence electrons. The topological polar surface area (TPSA) is 59.1 Å². The molecule has 5 nitrogen and oxygen atoms in total. The number of anilines is 3. The molecule has 1 aromatic heterocycles. The van der Waals surface area contributed by atoms with Crippen molar-refractivity contribution in [1.29, 1.82) is 0 Å². The zero-order chi connectivity index (χ0) is 18.4. The third-order valence-corrected chi connectivity index (χ3v) is 4.45. The Morgan fingerprint density at radius 2 is 1.88 bits per heavy atom. The molecule has 2 aromatic carbocycles. The molecule has 0 spiro atoms. The van der Waals surface area contributed by atoms with Crippen LogP contribution in [0, 0.1) is 6.92 Å². The molecule has 0 amide bonds. The maximum Gasteiger partial charge on any atom is 0.224 e. The molecule has 1 heterocycles. The summed E-state index contributed by atoms with van der Waals surface area (Å²) in [6.45, 7) is 2.71. The molecule has 0 fully saturated rings. The highest BCUT2D eigenvalue weighted by Gasteiger charge is 2.04. The molecule has 3 rings (SSSR count). The predicted molar refractivity (Wildman–Crippen MR) is 107 cm³/mol. The highest BCUT2D eigenvalue weighted by atomic mass is 35.5. The van der Waals surface area contributed by atoms with Crippen molar-refractivity contribution in [3.63, 3.8) is 0 Å². The molecular formula is C20H21ClN4O. The summed E-state index contributed by atoms with van der Waals surface area (Å²) in [5.41, 5.74) is 3.14. The van der Waals surface area contributed by atoms with Crippen LogP contribution in [0.5, 0.6) is 5.75 Å². The monoisotopic (exact) mass is 368 g/mol. The number of halogens is 1. The van der Waals surface area contributed by atoms with Crippen LogP contribution in [0.1, 0.15) is 11.1 Å². The Bertz CT molecular complexity index is 868. The molecule has 0 aliphatic rings. The summed E-state index contributed by atoms with van der Waals surface area (Å²) in [7, 11) is 1.67. The van der Waals surface area contributed by atoms with E-state index in [-0.39, 0.29) is 0 Å². The third-order valence-electron chi connectivity index (χ3n) is 4.04. The molecule has 6 heteroatoms. The lowest BCUT2D eigenvalue weighted by Crippen LogP contribution is -2.08. The zero-order valence-corrected chi connectivity index (χ0v) is 15.5. The Balaban J connectivity index is 1.59. The number of hydrogen-bond donors (Lipinski definition) is 2. The number of methoxy groups -OCH3 is 1. The maximum absolute atomic E-state index is 6.16. The van der Waals surface area contributed by atoms with Gasteiger partial charge in [0.1, 0.15) is 11.6 Å². The number of nitrogens with zero attached hydrogens (tertiary/aromatic N) is 2. The first-order valence-corrected chi connectivity index (χ1v) is 8.75. The summed E-state index contributed by atoms with van der Waals surface area (Å²) >= 11 is 6.16. The van der Waals surface area contributed by atoms with Crippen LogP contribution in [-0.2, 0) is 6.42 Å². The van der Waals surface area contributed by atoms with E-state index in [9.17, 15) is 0 Å². The Labute approximate surface area is 158 Å². The number of ether oxygens (including phenoxy) is 1. The van der Waals surface area contributed by atoms with E-state index < -0.39 is 0 Å². The van der Waals surface area contributed by atoms with E-state index in [0.717, 1.165) is 40.8 Å². The van der Waals surface area contributed by atoms with Crippen LogP contribution in [0.2, 0.25) is 5.02 Å². The Morgan fingerprint density at radius 1 is 1.08 bits per heavy atom. The van der Waals surface area contributed by atoms with Gasteiger partial charge in [0.25, 0.3) is 0 Å². The van der Waals surface area contributed by atoms with E-state index in [4.69, 9.17) is 16.3 Å². The van der Waals surface area contributed by atoms with Crippen molar-refractivity contribution in [2.24, 2.45) is 0 Å². The lowest BCUT2D eigenvalue weighted by atomic mass is 10.1. The summed E-state index contributed by atoms with van der Waals surface area (Å²) in [5.74, 6) is 2.17. The lowest BCUT2D eigenvalue weighted by Gasteiger charge is -2.11. The minimum Gasteiger partial charge on any atom is -0.497 e. The fraction of sp³-hybridized carbons (Fsp3) is 0.200. The molecule has 0 unspecified atom stereocenters.